The van der Waals surface area contributed by atoms with Gasteiger partial charge < -0.3 is 21.3 Å². The predicted octanol–water partition coefficient (Wildman–Crippen LogP) is 2.78. The first kappa shape index (κ1) is 28.6. The van der Waals surface area contributed by atoms with Crippen molar-refractivity contribution in [1.82, 2.24) is 40.1 Å². The van der Waals surface area contributed by atoms with Gasteiger partial charge >= 0.3 is 6.18 Å². The molecule has 42 heavy (non-hydrogen) atoms. The Labute approximate surface area is 237 Å². The summed E-state index contributed by atoms with van der Waals surface area (Å²) in [6.45, 7) is 4.56. The molecule has 0 unspecified atom stereocenters. The Hall–Kier alpha value is -4.97. The summed E-state index contributed by atoms with van der Waals surface area (Å²) in [4.78, 5) is 33.9. The van der Waals surface area contributed by atoms with Crippen molar-refractivity contribution in [2.24, 2.45) is 0 Å². The maximum Gasteiger partial charge on any atom is 0.435 e. The maximum atomic E-state index is 13.7. The van der Waals surface area contributed by atoms with E-state index in [0.717, 1.165) is 23.8 Å². The van der Waals surface area contributed by atoms with Crippen LogP contribution in [-0.4, -0.2) is 61.1 Å². The number of nitrogens with zero attached hydrogens (tertiary/aromatic N) is 6. The quantitative estimate of drug-likeness (QED) is 0.248. The first-order valence-corrected chi connectivity index (χ1v) is 13.1. The summed E-state index contributed by atoms with van der Waals surface area (Å²) in [7, 11) is 0. The van der Waals surface area contributed by atoms with Gasteiger partial charge in [0, 0.05) is 42.4 Å². The summed E-state index contributed by atoms with van der Waals surface area (Å²) in [5.74, 6) is -0.391. The van der Waals surface area contributed by atoms with Gasteiger partial charge in [-0.25, -0.2) is 9.97 Å². The lowest BCUT2D eigenvalue weighted by molar-refractivity contribution is -0.141. The topological polar surface area (TPSA) is 154 Å². The van der Waals surface area contributed by atoms with Gasteiger partial charge in [-0.15, -0.1) is 0 Å². The number of benzene rings is 1. The molecule has 1 aliphatic heterocycles. The molecule has 2 atom stereocenters. The molecule has 4 aromatic rings. The van der Waals surface area contributed by atoms with Crippen LogP contribution >= 0.6 is 0 Å². The summed E-state index contributed by atoms with van der Waals surface area (Å²) >= 11 is 0. The van der Waals surface area contributed by atoms with Crippen molar-refractivity contribution < 1.29 is 22.8 Å². The molecule has 1 saturated heterocycles. The van der Waals surface area contributed by atoms with Crippen LogP contribution in [0.15, 0.2) is 43.0 Å². The van der Waals surface area contributed by atoms with Gasteiger partial charge in [0.05, 0.1) is 23.5 Å². The summed E-state index contributed by atoms with van der Waals surface area (Å²) in [5, 5.41) is 24.4. The molecule has 218 valence electrons. The lowest BCUT2D eigenvalue weighted by atomic mass is 10.1. The number of alkyl halides is 3. The molecule has 3 aromatic heterocycles. The van der Waals surface area contributed by atoms with Gasteiger partial charge in [0.2, 0.25) is 5.91 Å². The minimum atomic E-state index is -4.74. The molecule has 15 heteroatoms. The summed E-state index contributed by atoms with van der Waals surface area (Å²) in [5.41, 5.74) is 0.593. The number of aromatic nitrogens is 5. The van der Waals surface area contributed by atoms with E-state index < -0.39 is 23.8 Å². The third-order valence-corrected chi connectivity index (χ3v) is 6.85. The molecule has 1 aliphatic rings. The van der Waals surface area contributed by atoms with Gasteiger partial charge in [-0.1, -0.05) is 0 Å². The average molecular weight is 581 g/mol. The van der Waals surface area contributed by atoms with E-state index in [-0.39, 0.29) is 41.2 Å². The number of amides is 2. The second kappa shape index (κ2) is 11.5. The van der Waals surface area contributed by atoms with Crippen molar-refractivity contribution in [1.29, 1.82) is 5.26 Å². The smallest absolute Gasteiger partial charge is 0.350 e. The van der Waals surface area contributed by atoms with Crippen LogP contribution in [0.25, 0.3) is 16.9 Å². The lowest BCUT2D eigenvalue weighted by Crippen LogP contribution is -2.48. The molecule has 5 rings (SSSR count). The van der Waals surface area contributed by atoms with Crippen LogP contribution in [0.5, 0.6) is 0 Å². The Morgan fingerprint density at radius 3 is 2.79 bits per heavy atom. The number of nitrogens with one attached hydrogen (secondary N) is 4. The lowest BCUT2D eigenvalue weighted by Gasteiger charge is -2.18. The second-order valence-electron chi connectivity index (χ2n) is 9.91. The monoisotopic (exact) mass is 580 g/mol. The highest BCUT2D eigenvalue weighted by Gasteiger charge is 2.38. The molecule has 0 spiro atoms. The molecule has 4 N–H and O–H groups in total. The standard InChI is InChI=1S/C27H27F3N10O2/c1-15-11-17(3-4-19(15)26(42)35-16(2)25(41)37-18-5-7-32-12-18)36-23-24-34-13-21(40(24)10-8-33-23)20-14-39(9-6-31)38-22(20)27(28,29)30/h3-4,8,10-11,13-14,16,18,32H,5,7,9,12H2,1-2H3,(H,33,36)(H,35,42)(H,37,41)/t16-,18-/m1/s1. The molecule has 0 bridgehead atoms. The van der Waals surface area contributed by atoms with Crippen molar-refractivity contribution >= 4 is 29.0 Å². The first-order valence-electron chi connectivity index (χ1n) is 13.1. The Morgan fingerprint density at radius 1 is 1.29 bits per heavy atom. The Balaban J connectivity index is 1.34. The molecule has 0 radical (unpaired) electrons. The fraction of sp³-hybridized carbons (Fsp3) is 0.333. The first-order chi connectivity index (χ1) is 20.0. The third-order valence-electron chi connectivity index (χ3n) is 6.85. The third kappa shape index (κ3) is 5.88. The van der Waals surface area contributed by atoms with E-state index in [1.165, 1.54) is 23.0 Å². The number of nitriles is 1. The summed E-state index contributed by atoms with van der Waals surface area (Å²) in [6.07, 6.45) is 1.43. The van der Waals surface area contributed by atoms with Gasteiger partial charge in [-0.2, -0.15) is 23.5 Å². The van der Waals surface area contributed by atoms with Crippen molar-refractivity contribution in [3.63, 3.8) is 0 Å². The second-order valence-corrected chi connectivity index (χ2v) is 9.91. The zero-order chi connectivity index (χ0) is 30.0. The number of hydrogen-bond acceptors (Lipinski definition) is 8. The largest absolute Gasteiger partial charge is 0.435 e. The van der Waals surface area contributed by atoms with E-state index in [1.54, 1.807) is 38.1 Å². The summed E-state index contributed by atoms with van der Waals surface area (Å²) in [6, 6.07) is 6.07. The molecule has 0 aliphatic carbocycles. The molecule has 2 amide bonds. The Bertz CT molecular complexity index is 1680. The Morgan fingerprint density at radius 2 is 2.10 bits per heavy atom. The van der Waals surface area contributed by atoms with Gasteiger partial charge in [0.1, 0.15) is 12.6 Å². The minimum absolute atomic E-state index is 0.0427. The molecular weight excluding hydrogens is 553 g/mol. The highest BCUT2D eigenvalue weighted by atomic mass is 19.4. The highest BCUT2D eigenvalue weighted by Crippen LogP contribution is 2.37. The summed E-state index contributed by atoms with van der Waals surface area (Å²) < 4.78 is 43.5. The van der Waals surface area contributed by atoms with Crippen LogP contribution in [0.3, 0.4) is 0 Å². The SMILES string of the molecule is Cc1cc(Nc2nccn3c(-c4cn(CC#N)nc4C(F)(F)F)cnc23)ccc1C(=O)N[C@H](C)C(=O)N[C@@H]1CCNC1. The zero-order valence-corrected chi connectivity index (χ0v) is 22.7. The zero-order valence-electron chi connectivity index (χ0n) is 22.7. The van der Waals surface area contributed by atoms with Crippen LogP contribution < -0.4 is 21.3 Å². The number of carbonyl (C=O) groups excluding carboxylic acids is 2. The van der Waals surface area contributed by atoms with Crippen molar-refractivity contribution in [3.05, 3.63) is 59.8 Å². The fourth-order valence-corrected chi connectivity index (χ4v) is 4.76. The minimum Gasteiger partial charge on any atom is -0.350 e. The number of aryl methyl sites for hydroxylation is 1. The van der Waals surface area contributed by atoms with Crippen LogP contribution in [0, 0.1) is 18.3 Å². The van der Waals surface area contributed by atoms with E-state index in [9.17, 15) is 22.8 Å². The van der Waals surface area contributed by atoms with Gasteiger partial charge in [-0.05, 0) is 50.6 Å². The van der Waals surface area contributed by atoms with Gasteiger partial charge in [-0.3, -0.25) is 18.7 Å². The Kier molecular flexibility index (Phi) is 7.81. The molecule has 4 heterocycles. The highest BCUT2D eigenvalue weighted by molar-refractivity contribution is 5.99. The van der Waals surface area contributed by atoms with Crippen LogP contribution in [0.4, 0.5) is 24.7 Å². The van der Waals surface area contributed by atoms with E-state index in [1.807, 2.05) is 0 Å². The number of anilines is 2. The fourth-order valence-electron chi connectivity index (χ4n) is 4.76. The number of hydrogen-bond donors (Lipinski definition) is 4. The van der Waals surface area contributed by atoms with Crippen LogP contribution in [0.1, 0.15) is 35.0 Å². The van der Waals surface area contributed by atoms with Crippen molar-refractivity contribution in [2.75, 3.05) is 18.4 Å². The molecular formula is C27H27F3N10O2. The van der Waals surface area contributed by atoms with E-state index in [0.29, 0.717) is 23.4 Å². The molecule has 12 nitrogen and oxygen atoms in total. The van der Waals surface area contributed by atoms with Gasteiger partial charge in [0.25, 0.3) is 5.91 Å². The van der Waals surface area contributed by atoms with Crippen molar-refractivity contribution in [2.45, 2.75) is 45.1 Å². The number of carbonyl (C=O) groups is 2. The van der Waals surface area contributed by atoms with E-state index >= 15 is 0 Å². The van der Waals surface area contributed by atoms with Crippen molar-refractivity contribution in [3.8, 4) is 17.3 Å². The molecule has 1 aromatic carbocycles. The average Bonchev–Trinajstić information content (AvgIpc) is 3.69. The van der Waals surface area contributed by atoms with Crippen LogP contribution in [-0.2, 0) is 17.5 Å². The number of fused-ring (bicyclic) bond motifs is 1. The maximum absolute atomic E-state index is 13.7. The molecule has 1 fully saturated rings. The molecule has 0 saturated carbocycles. The number of halogens is 3. The van der Waals surface area contributed by atoms with Crippen LogP contribution in [0.2, 0.25) is 0 Å². The number of rotatable bonds is 8. The predicted molar refractivity (Wildman–Crippen MR) is 146 cm³/mol. The van der Waals surface area contributed by atoms with E-state index in [2.05, 4.69) is 36.3 Å². The van der Waals surface area contributed by atoms with Gasteiger partial charge in [0.15, 0.2) is 17.2 Å². The van der Waals surface area contributed by atoms with E-state index in [4.69, 9.17) is 5.26 Å². The normalized spacial score (nSPS) is 15.8. The number of imidazole rings is 1.